The van der Waals surface area contributed by atoms with Crippen LogP contribution in [0, 0.1) is 0 Å². The van der Waals surface area contributed by atoms with Crippen molar-refractivity contribution in [2.24, 2.45) is 7.05 Å². The average molecular weight is 168 g/mol. The predicted molar refractivity (Wildman–Crippen MR) is 35.6 cm³/mol. The van der Waals surface area contributed by atoms with Gasteiger partial charge in [0.2, 0.25) is 0 Å². The molecule has 0 aliphatic carbocycles. The molecule has 0 N–H and O–H groups in total. The summed E-state index contributed by atoms with van der Waals surface area (Å²) in [5.74, 6) is 0. The molecular formula is C5H7BF4N-. The Kier molecular flexibility index (Phi) is 3.71. The van der Waals surface area contributed by atoms with E-state index in [1.165, 1.54) is 0 Å². The van der Waals surface area contributed by atoms with Crippen LogP contribution in [0.5, 0.6) is 0 Å². The smallest absolute Gasteiger partial charge is 0.418 e. The summed E-state index contributed by atoms with van der Waals surface area (Å²) >= 11 is 0. The summed E-state index contributed by atoms with van der Waals surface area (Å²) in [6.07, 6.45) is 4.00. The molecule has 1 aromatic rings. The van der Waals surface area contributed by atoms with E-state index in [4.69, 9.17) is 0 Å². The van der Waals surface area contributed by atoms with Gasteiger partial charge in [0.1, 0.15) is 0 Å². The first kappa shape index (κ1) is 10.1. The summed E-state index contributed by atoms with van der Waals surface area (Å²) in [7, 11) is -4.00. The lowest BCUT2D eigenvalue weighted by Gasteiger charge is -1.94. The normalized spacial score (nSPS) is 10.3. The largest absolute Gasteiger partial charge is 0.673 e. The van der Waals surface area contributed by atoms with Crippen LogP contribution >= 0.6 is 0 Å². The fraction of sp³-hybridized carbons (Fsp3) is 0.200. The Morgan fingerprint density at radius 1 is 1.00 bits per heavy atom. The lowest BCUT2D eigenvalue weighted by molar-refractivity contribution is 0.368. The molecule has 0 saturated carbocycles. The molecule has 1 heterocycles. The summed E-state index contributed by atoms with van der Waals surface area (Å²) in [6.45, 7) is 0. The van der Waals surface area contributed by atoms with Gasteiger partial charge in [0.25, 0.3) is 0 Å². The van der Waals surface area contributed by atoms with Gasteiger partial charge in [-0.2, -0.15) is 0 Å². The van der Waals surface area contributed by atoms with Crippen molar-refractivity contribution in [2.75, 3.05) is 0 Å². The highest BCUT2D eigenvalue weighted by Crippen LogP contribution is 2.06. The Morgan fingerprint density at radius 3 is 1.36 bits per heavy atom. The van der Waals surface area contributed by atoms with E-state index in [9.17, 15) is 17.3 Å². The SMILES string of the molecule is Cn1cccc1.F[B-](F)(F)F. The van der Waals surface area contributed by atoms with E-state index in [1.807, 2.05) is 36.1 Å². The average Bonchev–Trinajstić information content (AvgIpc) is 2.12. The molecule has 0 amide bonds. The maximum absolute atomic E-state index is 9.75. The number of hydrogen-bond donors (Lipinski definition) is 0. The van der Waals surface area contributed by atoms with Gasteiger partial charge >= 0.3 is 7.25 Å². The van der Waals surface area contributed by atoms with Crippen LogP contribution in [0.3, 0.4) is 0 Å². The summed E-state index contributed by atoms with van der Waals surface area (Å²) in [4.78, 5) is 0. The van der Waals surface area contributed by atoms with Crippen LogP contribution in [0.2, 0.25) is 0 Å². The van der Waals surface area contributed by atoms with Gasteiger partial charge in [0.05, 0.1) is 0 Å². The molecule has 0 spiro atoms. The molecule has 0 aliphatic heterocycles. The molecular weight excluding hydrogens is 161 g/mol. The quantitative estimate of drug-likeness (QED) is 0.413. The third-order valence-corrected chi connectivity index (χ3v) is 0.754. The second kappa shape index (κ2) is 4.05. The van der Waals surface area contributed by atoms with Gasteiger partial charge in [-0.15, -0.1) is 0 Å². The molecule has 6 heteroatoms. The number of aromatic nitrogens is 1. The van der Waals surface area contributed by atoms with Crippen LogP contribution in [0.1, 0.15) is 0 Å². The van der Waals surface area contributed by atoms with E-state index in [0.717, 1.165) is 0 Å². The van der Waals surface area contributed by atoms with E-state index in [-0.39, 0.29) is 0 Å². The molecule has 64 valence electrons. The molecule has 0 radical (unpaired) electrons. The zero-order valence-electron chi connectivity index (χ0n) is 5.85. The summed E-state index contributed by atoms with van der Waals surface area (Å²) in [5, 5.41) is 0. The number of halogens is 4. The molecule has 0 atom stereocenters. The maximum atomic E-state index is 9.75. The van der Waals surface area contributed by atoms with Crippen molar-refractivity contribution >= 4 is 7.25 Å². The highest BCUT2D eigenvalue weighted by Gasteiger charge is 2.20. The maximum Gasteiger partial charge on any atom is 0.673 e. The van der Waals surface area contributed by atoms with Gasteiger partial charge in [-0.25, -0.2) is 0 Å². The van der Waals surface area contributed by atoms with Gasteiger partial charge in [0, 0.05) is 19.4 Å². The van der Waals surface area contributed by atoms with Crippen LogP contribution in [0.4, 0.5) is 17.3 Å². The van der Waals surface area contributed by atoms with Crippen molar-refractivity contribution in [2.45, 2.75) is 0 Å². The Morgan fingerprint density at radius 2 is 1.27 bits per heavy atom. The van der Waals surface area contributed by atoms with Gasteiger partial charge in [0.15, 0.2) is 0 Å². The fourth-order valence-corrected chi connectivity index (χ4v) is 0.421. The third kappa shape index (κ3) is 12.3. The molecule has 1 nitrogen and oxygen atoms in total. The summed E-state index contributed by atoms with van der Waals surface area (Å²) in [5.41, 5.74) is 0. The lowest BCUT2D eigenvalue weighted by Crippen LogP contribution is -2.02. The van der Waals surface area contributed by atoms with E-state index in [2.05, 4.69) is 0 Å². The number of rotatable bonds is 0. The van der Waals surface area contributed by atoms with Crippen molar-refractivity contribution in [1.82, 2.24) is 4.57 Å². The van der Waals surface area contributed by atoms with E-state index >= 15 is 0 Å². The first-order valence-electron chi connectivity index (χ1n) is 2.84. The van der Waals surface area contributed by atoms with Crippen LogP contribution < -0.4 is 0 Å². The first-order valence-corrected chi connectivity index (χ1v) is 2.84. The zero-order valence-corrected chi connectivity index (χ0v) is 5.85. The minimum absolute atomic E-state index is 2.00. The van der Waals surface area contributed by atoms with Crippen LogP contribution in [-0.2, 0) is 7.05 Å². The van der Waals surface area contributed by atoms with Crippen LogP contribution in [0.15, 0.2) is 24.5 Å². The molecule has 0 aromatic carbocycles. The summed E-state index contributed by atoms with van der Waals surface area (Å²) in [6, 6.07) is 4.00. The molecule has 1 rings (SSSR count). The molecule has 0 saturated heterocycles. The molecule has 0 unspecified atom stereocenters. The fourth-order valence-electron chi connectivity index (χ4n) is 0.421. The summed E-state index contributed by atoms with van der Waals surface area (Å²) < 4.78 is 41.0. The monoisotopic (exact) mass is 168 g/mol. The molecule has 11 heavy (non-hydrogen) atoms. The second-order valence-electron chi connectivity index (χ2n) is 1.84. The topological polar surface area (TPSA) is 4.93 Å². The Labute approximate surface area is 61.7 Å². The van der Waals surface area contributed by atoms with Gasteiger partial charge in [-0.3, -0.25) is 0 Å². The van der Waals surface area contributed by atoms with Crippen molar-refractivity contribution in [3.63, 3.8) is 0 Å². The predicted octanol–water partition coefficient (Wildman–Crippen LogP) is 2.33. The Balaban J connectivity index is 0.000000187. The second-order valence-corrected chi connectivity index (χ2v) is 1.84. The first-order chi connectivity index (χ1) is 4.89. The molecule has 0 aliphatic rings. The Hall–Kier alpha value is -0.935. The van der Waals surface area contributed by atoms with E-state index in [1.54, 1.807) is 0 Å². The number of nitrogens with zero attached hydrogens (tertiary/aromatic N) is 1. The Bertz CT molecular complexity index is 175. The van der Waals surface area contributed by atoms with E-state index in [0.29, 0.717) is 0 Å². The third-order valence-electron chi connectivity index (χ3n) is 0.754. The highest BCUT2D eigenvalue weighted by atomic mass is 19.5. The van der Waals surface area contributed by atoms with Crippen molar-refractivity contribution in [1.29, 1.82) is 0 Å². The molecule has 1 aromatic heterocycles. The molecule has 0 bridgehead atoms. The van der Waals surface area contributed by atoms with Gasteiger partial charge < -0.3 is 21.8 Å². The standard InChI is InChI=1S/C5H7N.BF4/c1-6-4-2-3-5-6;2-1(3,4)5/h2-5H,1H3;/q;-1. The van der Waals surface area contributed by atoms with Crippen molar-refractivity contribution < 1.29 is 17.3 Å². The minimum atomic E-state index is -6.00. The van der Waals surface area contributed by atoms with Gasteiger partial charge in [-0.1, -0.05) is 0 Å². The zero-order chi connectivity index (χ0) is 8.91. The highest BCUT2D eigenvalue weighted by molar-refractivity contribution is 6.50. The van der Waals surface area contributed by atoms with Crippen LogP contribution in [-0.4, -0.2) is 11.8 Å². The lowest BCUT2D eigenvalue weighted by atomic mass is 10.3. The number of aryl methyl sites for hydroxylation is 1. The molecule has 0 fully saturated rings. The van der Waals surface area contributed by atoms with Crippen LogP contribution in [0.25, 0.3) is 0 Å². The van der Waals surface area contributed by atoms with Crippen molar-refractivity contribution in [3.05, 3.63) is 24.5 Å². The van der Waals surface area contributed by atoms with E-state index < -0.39 is 7.25 Å². The minimum Gasteiger partial charge on any atom is -0.418 e. The van der Waals surface area contributed by atoms with Crippen molar-refractivity contribution in [3.8, 4) is 0 Å². The number of hydrogen-bond acceptors (Lipinski definition) is 0. The van der Waals surface area contributed by atoms with Gasteiger partial charge in [-0.05, 0) is 12.1 Å².